The number of amides is 1. The van der Waals surface area contributed by atoms with Crippen molar-refractivity contribution < 1.29 is 28.3 Å². The van der Waals surface area contributed by atoms with Crippen LogP contribution in [-0.4, -0.2) is 34.3 Å². The topological polar surface area (TPSA) is 109 Å². The van der Waals surface area contributed by atoms with Crippen LogP contribution >= 0.6 is 0 Å². The lowest BCUT2D eigenvalue weighted by Gasteiger charge is -2.31. The van der Waals surface area contributed by atoms with Gasteiger partial charge >= 0.3 is 5.97 Å². The third-order valence-electron chi connectivity index (χ3n) is 5.90. The fourth-order valence-corrected chi connectivity index (χ4v) is 4.11. The Balaban J connectivity index is 1.75. The Bertz CT molecular complexity index is 1220. The number of carbonyl (C=O) groups excluding carboxylic acids is 2. The molecule has 36 heavy (non-hydrogen) atoms. The van der Waals surface area contributed by atoms with Gasteiger partial charge in [-0.25, -0.2) is 8.78 Å². The molecule has 1 unspecified atom stereocenters. The molecule has 0 saturated heterocycles. The van der Waals surface area contributed by atoms with Crippen molar-refractivity contribution in [1.29, 1.82) is 0 Å². The van der Waals surface area contributed by atoms with Gasteiger partial charge in [0.25, 0.3) is 0 Å². The smallest absolute Gasteiger partial charge is 0.314 e. The Labute approximate surface area is 208 Å². The first-order valence-corrected chi connectivity index (χ1v) is 11.4. The number of carboxylic acid groups (broad SMARTS) is 1. The van der Waals surface area contributed by atoms with Gasteiger partial charge in [0.2, 0.25) is 5.91 Å². The van der Waals surface area contributed by atoms with E-state index in [1.165, 1.54) is 36.4 Å². The molecular weight excluding hydrogens is 466 g/mol. The van der Waals surface area contributed by atoms with Gasteiger partial charge in [0.05, 0.1) is 6.04 Å². The Morgan fingerprint density at radius 2 is 1.33 bits per heavy atom. The molecule has 8 heteroatoms. The second kappa shape index (κ2) is 11.2. The highest BCUT2D eigenvalue weighted by molar-refractivity contribution is 6.08. The summed E-state index contributed by atoms with van der Waals surface area (Å²) in [5.74, 6) is -5.05. The maximum absolute atomic E-state index is 13.2. The fraction of sp³-hybridized carbons (Fsp3) is 0.250. The zero-order chi connectivity index (χ0) is 26.5. The second-order valence-corrected chi connectivity index (χ2v) is 9.36. The lowest BCUT2D eigenvalue weighted by molar-refractivity contribution is -0.140. The number of hydrogen-bond donors (Lipinski definition) is 3. The highest BCUT2D eigenvalue weighted by atomic mass is 19.1. The average molecular weight is 495 g/mol. The van der Waals surface area contributed by atoms with Gasteiger partial charge in [-0.15, -0.1) is 0 Å². The van der Waals surface area contributed by atoms with Crippen molar-refractivity contribution >= 4 is 17.7 Å². The molecule has 0 aliphatic rings. The van der Waals surface area contributed by atoms with E-state index >= 15 is 0 Å². The van der Waals surface area contributed by atoms with Crippen LogP contribution < -0.4 is 11.1 Å². The maximum atomic E-state index is 13.2. The number of rotatable bonds is 11. The minimum absolute atomic E-state index is 0.169. The molecule has 4 N–H and O–H groups in total. The Hall–Kier alpha value is -3.91. The zero-order valence-electron chi connectivity index (χ0n) is 20.0. The molecule has 0 saturated carbocycles. The number of primary amides is 1. The summed E-state index contributed by atoms with van der Waals surface area (Å²) in [7, 11) is 0. The van der Waals surface area contributed by atoms with Crippen LogP contribution in [0.4, 0.5) is 8.78 Å². The fourth-order valence-electron chi connectivity index (χ4n) is 4.11. The van der Waals surface area contributed by atoms with Crippen LogP contribution in [0, 0.1) is 17.6 Å². The molecule has 1 amide bonds. The first kappa shape index (κ1) is 26.7. The van der Waals surface area contributed by atoms with Gasteiger partial charge in [-0.2, -0.15) is 0 Å². The molecule has 0 heterocycles. The summed E-state index contributed by atoms with van der Waals surface area (Å²) in [6, 6.07) is 17.0. The van der Waals surface area contributed by atoms with Crippen molar-refractivity contribution in [2.75, 3.05) is 0 Å². The normalized spacial score (nSPS) is 13.1. The number of hydrogen-bond acceptors (Lipinski definition) is 4. The van der Waals surface area contributed by atoms with E-state index in [4.69, 9.17) is 5.73 Å². The van der Waals surface area contributed by atoms with Crippen molar-refractivity contribution in [3.63, 3.8) is 0 Å². The molecule has 6 nitrogen and oxygen atoms in total. The van der Waals surface area contributed by atoms with E-state index in [0.29, 0.717) is 6.42 Å². The van der Waals surface area contributed by atoms with E-state index in [1.807, 2.05) is 0 Å². The molecule has 0 bridgehead atoms. The minimum Gasteiger partial charge on any atom is -0.481 e. The molecular formula is C28H28F2N2O4. The van der Waals surface area contributed by atoms with Gasteiger partial charge in [0, 0.05) is 11.1 Å². The number of aliphatic carboxylic acids is 1. The number of Topliss-reactive ketones (excluding diaryl/α,β-unsaturated/α-hetero) is 1. The van der Waals surface area contributed by atoms with Crippen LogP contribution in [0.3, 0.4) is 0 Å². The number of ketones is 1. The van der Waals surface area contributed by atoms with Crippen LogP contribution in [0.1, 0.15) is 36.2 Å². The van der Waals surface area contributed by atoms with Gasteiger partial charge in [-0.3, -0.25) is 14.4 Å². The van der Waals surface area contributed by atoms with Crippen molar-refractivity contribution in [1.82, 2.24) is 5.32 Å². The monoisotopic (exact) mass is 494 g/mol. The summed E-state index contributed by atoms with van der Waals surface area (Å²) in [6.07, 6.45) is 0.0731. The molecule has 3 aromatic rings. The van der Waals surface area contributed by atoms with E-state index in [1.54, 1.807) is 50.2 Å². The molecule has 0 radical (unpaired) electrons. The SMILES string of the molecule is CC(C)(Cc1ccc(F)cc1)N[C@@H](CC(C(=O)O)C(=O)c1ccc(-c2ccc(F)cc2)cc1)C(N)=O. The third kappa shape index (κ3) is 7.05. The van der Waals surface area contributed by atoms with Crippen molar-refractivity contribution in [2.45, 2.75) is 38.3 Å². The van der Waals surface area contributed by atoms with Gasteiger partial charge in [0.15, 0.2) is 5.78 Å². The zero-order valence-corrected chi connectivity index (χ0v) is 20.0. The Morgan fingerprint density at radius 1 is 0.861 bits per heavy atom. The quantitative estimate of drug-likeness (QED) is 0.271. The summed E-state index contributed by atoms with van der Waals surface area (Å²) in [4.78, 5) is 37.3. The molecule has 0 spiro atoms. The van der Waals surface area contributed by atoms with E-state index < -0.39 is 35.2 Å². The number of nitrogens with two attached hydrogens (primary N) is 1. The molecule has 0 aliphatic heterocycles. The summed E-state index contributed by atoms with van der Waals surface area (Å²) in [5.41, 5.74) is 7.30. The second-order valence-electron chi connectivity index (χ2n) is 9.36. The third-order valence-corrected chi connectivity index (χ3v) is 5.90. The van der Waals surface area contributed by atoms with Gasteiger partial charge < -0.3 is 16.2 Å². The summed E-state index contributed by atoms with van der Waals surface area (Å²) < 4.78 is 26.4. The first-order valence-electron chi connectivity index (χ1n) is 11.4. The van der Waals surface area contributed by atoms with Crippen LogP contribution in [0.25, 0.3) is 11.1 Å². The Morgan fingerprint density at radius 3 is 1.81 bits per heavy atom. The van der Waals surface area contributed by atoms with Crippen LogP contribution in [-0.2, 0) is 16.0 Å². The van der Waals surface area contributed by atoms with Crippen LogP contribution in [0.15, 0.2) is 72.8 Å². The summed E-state index contributed by atoms with van der Waals surface area (Å²) >= 11 is 0. The van der Waals surface area contributed by atoms with Gasteiger partial charge in [0.1, 0.15) is 17.6 Å². The van der Waals surface area contributed by atoms with Gasteiger partial charge in [-0.1, -0.05) is 48.5 Å². The average Bonchev–Trinajstić information content (AvgIpc) is 2.83. The van der Waals surface area contributed by atoms with Crippen molar-refractivity contribution in [2.24, 2.45) is 11.7 Å². The number of carboxylic acids is 1. The number of nitrogens with one attached hydrogen (secondary N) is 1. The highest BCUT2D eigenvalue weighted by Gasteiger charge is 2.35. The molecule has 3 aromatic carbocycles. The largest absolute Gasteiger partial charge is 0.481 e. The maximum Gasteiger partial charge on any atom is 0.314 e. The number of halogens is 2. The highest BCUT2D eigenvalue weighted by Crippen LogP contribution is 2.23. The molecule has 0 aromatic heterocycles. The molecule has 188 valence electrons. The van der Waals surface area contributed by atoms with Crippen molar-refractivity contribution in [3.8, 4) is 11.1 Å². The molecule has 2 atom stereocenters. The number of carbonyl (C=O) groups is 3. The minimum atomic E-state index is -1.51. The van der Waals surface area contributed by atoms with Crippen molar-refractivity contribution in [3.05, 3.63) is 95.6 Å². The predicted molar refractivity (Wildman–Crippen MR) is 132 cm³/mol. The van der Waals surface area contributed by atoms with Crippen LogP contribution in [0.2, 0.25) is 0 Å². The lowest BCUT2D eigenvalue weighted by Crippen LogP contribution is -2.54. The van der Waals surface area contributed by atoms with E-state index in [9.17, 15) is 28.3 Å². The predicted octanol–water partition coefficient (Wildman–Crippen LogP) is 4.37. The van der Waals surface area contributed by atoms with E-state index in [0.717, 1.165) is 16.7 Å². The molecule has 0 aliphatic carbocycles. The van der Waals surface area contributed by atoms with Crippen LogP contribution in [0.5, 0.6) is 0 Å². The Kier molecular flexibility index (Phi) is 8.32. The molecule has 3 rings (SSSR count). The lowest BCUT2D eigenvalue weighted by atomic mass is 9.88. The number of benzene rings is 3. The summed E-state index contributed by atoms with van der Waals surface area (Å²) in [6.45, 7) is 3.61. The summed E-state index contributed by atoms with van der Waals surface area (Å²) in [5, 5.41) is 12.9. The van der Waals surface area contributed by atoms with Gasteiger partial charge in [-0.05, 0) is 67.6 Å². The van der Waals surface area contributed by atoms with E-state index in [-0.39, 0.29) is 23.6 Å². The first-order chi connectivity index (χ1) is 16.9. The molecule has 0 fully saturated rings. The standard InChI is InChI=1S/C28H28F2N2O4/c1-28(2,16-17-3-11-21(29)12-4-17)32-24(26(31)34)15-23(27(35)36)25(33)20-7-5-18(6-8-20)19-9-13-22(30)14-10-19/h3-14,23-24,32H,15-16H2,1-2H3,(H2,31,34)(H,35,36)/t23?,24-/m0/s1. The van der Waals surface area contributed by atoms with E-state index in [2.05, 4.69) is 5.32 Å².